The van der Waals surface area contributed by atoms with Crippen LogP contribution in [0.2, 0.25) is 0 Å². The molecular formula is C10H13NO4. The zero-order chi connectivity index (χ0) is 11.8. The van der Waals surface area contributed by atoms with E-state index in [1.165, 1.54) is 6.92 Å². The average Bonchev–Trinajstić information content (AvgIpc) is 2.19. The highest BCUT2D eigenvalue weighted by atomic mass is 16.5. The van der Waals surface area contributed by atoms with Crippen molar-refractivity contribution in [2.45, 2.75) is 20.8 Å². The number of rotatable bonds is 4. The molecule has 0 amide bonds. The Morgan fingerprint density at radius 2 is 1.60 bits per heavy atom. The molecular weight excluding hydrogens is 198 g/mol. The molecule has 0 rings (SSSR count). The number of carbonyl (C=O) groups is 2. The summed E-state index contributed by atoms with van der Waals surface area (Å²) in [6.07, 6.45) is 0. The largest absolute Gasteiger partial charge is 0.463 e. The van der Waals surface area contributed by atoms with Gasteiger partial charge in [-0.2, -0.15) is 5.26 Å². The number of nitriles is 1. The van der Waals surface area contributed by atoms with Crippen molar-refractivity contribution >= 4 is 11.9 Å². The molecule has 0 fully saturated rings. The van der Waals surface area contributed by atoms with Gasteiger partial charge < -0.3 is 9.47 Å². The molecule has 0 aliphatic carbocycles. The molecule has 0 saturated carbocycles. The minimum absolute atomic E-state index is 0.0298. The minimum Gasteiger partial charge on any atom is -0.463 e. The van der Waals surface area contributed by atoms with Crippen LogP contribution in [0.15, 0.2) is 11.1 Å². The predicted octanol–water partition coefficient (Wildman–Crippen LogP) is 0.953. The molecule has 15 heavy (non-hydrogen) atoms. The number of hydrogen-bond acceptors (Lipinski definition) is 5. The summed E-state index contributed by atoms with van der Waals surface area (Å²) in [5.41, 5.74) is -0.340. The van der Waals surface area contributed by atoms with Gasteiger partial charge in [-0.3, -0.25) is 0 Å². The van der Waals surface area contributed by atoms with Gasteiger partial charge in [0, 0.05) is 0 Å². The van der Waals surface area contributed by atoms with Crippen LogP contribution in [0.4, 0.5) is 0 Å². The van der Waals surface area contributed by atoms with Gasteiger partial charge in [0.1, 0.15) is 11.6 Å². The molecule has 0 aromatic rings. The van der Waals surface area contributed by atoms with Gasteiger partial charge in [-0.05, 0) is 20.8 Å². The Kier molecular flexibility index (Phi) is 5.79. The van der Waals surface area contributed by atoms with Gasteiger partial charge in [0.2, 0.25) is 0 Å². The van der Waals surface area contributed by atoms with Crippen LogP contribution in [-0.4, -0.2) is 25.2 Å². The summed E-state index contributed by atoms with van der Waals surface area (Å²) in [6.45, 7) is 4.96. The van der Waals surface area contributed by atoms with E-state index in [1.54, 1.807) is 19.9 Å². The fourth-order valence-electron chi connectivity index (χ4n) is 0.827. The standard InChI is InChI=1S/C10H13NO4/c1-4-14-9(12)7(3)8(6-11)10(13)15-5-2/h4-5H2,1-3H3. The van der Waals surface area contributed by atoms with E-state index in [-0.39, 0.29) is 24.4 Å². The first kappa shape index (κ1) is 13.2. The number of hydrogen-bond donors (Lipinski definition) is 0. The highest BCUT2D eigenvalue weighted by Gasteiger charge is 2.19. The molecule has 82 valence electrons. The Morgan fingerprint density at radius 1 is 1.13 bits per heavy atom. The van der Waals surface area contributed by atoms with Crippen molar-refractivity contribution in [3.05, 3.63) is 11.1 Å². The first-order valence-electron chi connectivity index (χ1n) is 4.53. The molecule has 0 unspecified atom stereocenters. The van der Waals surface area contributed by atoms with E-state index in [4.69, 9.17) is 5.26 Å². The molecule has 0 aromatic carbocycles. The first-order valence-corrected chi connectivity index (χ1v) is 4.53. The Labute approximate surface area is 88.3 Å². The molecule has 0 bridgehead atoms. The summed E-state index contributed by atoms with van der Waals surface area (Å²) in [5, 5.41) is 8.69. The van der Waals surface area contributed by atoms with Gasteiger partial charge in [-0.25, -0.2) is 9.59 Å². The molecule has 0 atom stereocenters. The first-order chi connectivity index (χ1) is 7.08. The molecule has 0 aromatic heterocycles. The van der Waals surface area contributed by atoms with Gasteiger partial charge >= 0.3 is 11.9 Å². The van der Waals surface area contributed by atoms with Crippen molar-refractivity contribution in [1.82, 2.24) is 0 Å². The van der Waals surface area contributed by atoms with Gasteiger partial charge in [0.05, 0.1) is 18.8 Å². The predicted molar refractivity (Wildman–Crippen MR) is 51.6 cm³/mol. The number of esters is 2. The maximum atomic E-state index is 11.2. The topological polar surface area (TPSA) is 76.4 Å². The summed E-state index contributed by atoms with van der Waals surface area (Å²) in [4.78, 5) is 22.4. The van der Waals surface area contributed by atoms with Gasteiger partial charge in [0.15, 0.2) is 0 Å². The molecule has 0 heterocycles. The Balaban J connectivity index is 4.91. The van der Waals surface area contributed by atoms with E-state index in [0.717, 1.165) is 0 Å². The van der Waals surface area contributed by atoms with Crippen LogP contribution in [-0.2, 0) is 19.1 Å². The van der Waals surface area contributed by atoms with Crippen LogP contribution in [0.3, 0.4) is 0 Å². The number of nitrogens with zero attached hydrogens (tertiary/aromatic N) is 1. The second-order valence-electron chi connectivity index (χ2n) is 2.55. The third-order valence-corrected chi connectivity index (χ3v) is 1.55. The van der Waals surface area contributed by atoms with Crippen LogP contribution in [0.5, 0.6) is 0 Å². The summed E-state index contributed by atoms with van der Waals surface area (Å²) in [6, 6.07) is 1.63. The van der Waals surface area contributed by atoms with E-state index in [1.807, 2.05) is 0 Å². The molecule has 5 nitrogen and oxygen atoms in total. The molecule has 0 spiro atoms. The highest BCUT2D eigenvalue weighted by Crippen LogP contribution is 2.07. The van der Waals surface area contributed by atoms with E-state index in [0.29, 0.717) is 0 Å². The van der Waals surface area contributed by atoms with E-state index in [9.17, 15) is 9.59 Å². The summed E-state index contributed by atoms with van der Waals surface area (Å²) in [5.74, 6) is -1.48. The maximum absolute atomic E-state index is 11.2. The van der Waals surface area contributed by atoms with E-state index in [2.05, 4.69) is 9.47 Å². The van der Waals surface area contributed by atoms with Crippen molar-refractivity contribution in [1.29, 1.82) is 5.26 Å². The zero-order valence-electron chi connectivity index (χ0n) is 8.99. The van der Waals surface area contributed by atoms with E-state index < -0.39 is 11.9 Å². The van der Waals surface area contributed by atoms with Crippen molar-refractivity contribution in [3.8, 4) is 6.07 Å². The van der Waals surface area contributed by atoms with Crippen LogP contribution >= 0.6 is 0 Å². The lowest BCUT2D eigenvalue weighted by Gasteiger charge is -2.04. The van der Waals surface area contributed by atoms with Gasteiger partial charge in [-0.15, -0.1) is 0 Å². The van der Waals surface area contributed by atoms with Crippen molar-refractivity contribution in [2.75, 3.05) is 13.2 Å². The Bertz CT molecular complexity index is 325. The third kappa shape index (κ3) is 3.81. The fraction of sp³-hybridized carbons (Fsp3) is 0.500. The summed E-state index contributed by atoms with van der Waals surface area (Å²) < 4.78 is 9.28. The van der Waals surface area contributed by atoms with Crippen LogP contribution in [0, 0.1) is 11.3 Å². The average molecular weight is 211 g/mol. The molecule has 5 heteroatoms. The lowest BCUT2D eigenvalue weighted by Crippen LogP contribution is -2.14. The second-order valence-corrected chi connectivity index (χ2v) is 2.55. The number of ether oxygens (including phenoxy) is 2. The van der Waals surface area contributed by atoms with E-state index >= 15 is 0 Å². The number of carbonyl (C=O) groups excluding carboxylic acids is 2. The minimum atomic E-state index is -0.800. The van der Waals surface area contributed by atoms with Crippen LogP contribution in [0.25, 0.3) is 0 Å². The van der Waals surface area contributed by atoms with Crippen molar-refractivity contribution in [3.63, 3.8) is 0 Å². The monoisotopic (exact) mass is 211 g/mol. The quantitative estimate of drug-likeness (QED) is 0.393. The van der Waals surface area contributed by atoms with Crippen LogP contribution in [0.1, 0.15) is 20.8 Å². The molecule has 0 saturated heterocycles. The fourth-order valence-corrected chi connectivity index (χ4v) is 0.827. The smallest absolute Gasteiger partial charge is 0.349 e. The normalized spacial score (nSPS) is 11.1. The molecule has 0 N–H and O–H groups in total. The third-order valence-electron chi connectivity index (χ3n) is 1.55. The van der Waals surface area contributed by atoms with Gasteiger partial charge in [0.25, 0.3) is 0 Å². The Hall–Kier alpha value is -1.83. The lowest BCUT2D eigenvalue weighted by atomic mass is 10.1. The molecule has 0 aliphatic rings. The molecule has 0 aliphatic heterocycles. The van der Waals surface area contributed by atoms with Crippen molar-refractivity contribution in [2.24, 2.45) is 0 Å². The van der Waals surface area contributed by atoms with Crippen molar-refractivity contribution < 1.29 is 19.1 Å². The maximum Gasteiger partial charge on any atom is 0.349 e. The Morgan fingerprint density at radius 3 is 2.00 bits per heavy atom. The second kappa shape index (κ2) is 6.60. The van der Waals surface area contributed by atoms with Crippen LogP contribution < -0.4 is 0 Å². The lowest BCUT2D eigenvalue weighted by molar-refractivity contribution is -0.141. The summed E-state index contributed by atoms with van der Waals surface area (Å²) >= 11 is 0. The molecule has 0 radical (unpaired) electrons. The highest BCUT2D eigenvalue weighted by molar-refractivity contribution is 6.02. The summed E-state index contributed by atoms with van der Waals surface area (Å²) in [7, 11) is 0. The SMILES string of the molecule is CCOC(=O)C(C)=C(C#N)C(=O)OCC. The zero-order valence-corrected chi connectivity index (χ0v) is 8.99. The van der Waals surface area contributed by atoms with Gasteiger partial charge in [-0.1, -0.05) is 0 Å².